The van der Waals surface area contributed by atoms with Crippen molar-refractivity contribution in [1.29, 1.82) is 0 Å². The second kappa shape index (κ2) is 6.32. The Morgan fingerprint density at radius 2 is 1.50 bits per heavy atom. The maximum absolute atomic E-state index is 4.89. The minimum Gasteiger partial charge on any atom is -0.324 e. The summed E-state index contributed by atoms with van der Waals surface area (Å²) in [7, 11) is 0. The van der Waals surface area contributed by atoms with Crippen molar-refractivity contribution in [2.24, 2.45) is 0 Å². The number of hydrogen-bond donors (Lipinski definition) is 0. The summed E-state index contributed by atoms with van der Waals surface area (Å²) in [6, 6.07) is 27.6. The molecule has 0 saturated carbocycles. The molecule has 4 aromatic rings. The molecule has 118 valence electrons. The molecule has 1 aromatic heterocycles. The van der Waals surface area contributed by atoms with Crippen molar-refractivity contribution in [2.75, 3.05) is 0 Å². The number of fused-ring (bicyclic) bond motifs is 1. The Balaban J connectivity index is 1.77. The lowest BCUT2D eigenvalue weighted by molar-refractivity contribution is 0.723. The van der Waals surface area contributed by atoms with Crippen LogP contribution < -0.4 is 0 Å². The van der Waals surface area contributed by atoms with E-state index in [2.05, 4.69) is 90.4 Å². The molecule has 4 rings (SSSR count). The fourth-order valence-electron chi connectivity index (χ4n) is 3.11. The van der Waals surface area contributed by atoms with Crippen LogP contribution in [0.3, 0.4) is 0 Å². The molecule has 0 atom stereocenters. The van der Waals surface area contributed by atoms with E-state index >= 15 is 0 Å². The Morgan fingerprint density at radius 1 is 0.792 bits per heavy atom. The zero-order valence-corrected chi connectivity index (χ0v) is 13.8. The van der Waals surface area contributed by atoms with E-state index < -0.39 is 0 Å². The molecule has 3 aromatic carbocycles. The van der Waals surface area contributed by atoms with Crippen LogP contribution in [0.15, 0.2) is 78.9 Å². The van der Waals surface area contributed by atoms with Gasteiger partial charge in [0.1, 0.15) is 5.82 Å². The van der Waals surface area contributed by atoms with Gasteiger partial charge in [0.2, 0.25) is 0 Å². The zero-order chi connectivity index (χ0) is 16.4. The molecule has 0 spiro atoms. The van der Waals surface area contributed by atoms with E-state index in [9.17, 15) is 0 Å². The van der Waals surface area contributed by atoms with Crippen LogP contribution in [0.25, 0.3) is 22.4 Å². The Labute approximate surface area is 142 Å². The highest BCUT2D eigenvalue weighted by Gasteiger charge is 2.12. The van der Waals surface area contributed by atoms with Crippen molar-refractivity contribution < 1.29 is 0 Å². The number of rotatable bonds is 4. The van der Waals surface area contributed by atoms with Gasteiger partial charge in [0.05, 0.1) is 11.0 Å². The number of aryl methyl sites for hydroxylation is 3. The van der Waals surface area contributed by atoms with Gasteiger partial charge in [0.15, 0.2) is 0 Å². The number of para-hydroxylation sites is 2. The molecular formula is C22H20N2. The van der Waals surface area contributed by atoms with E-state index in [1.165, 1.54) is 22.2 Å². The van der Waals surface area contributed by atoms with Crippen LogP contribution in [0.4, 0.5) is 0 Å². The predicted octanol–water partition coefficient (Wildman–Crippen LogP) is 5.25. The Hall–Kier alpha value is -2.87. The van der Waals surface area contributed by atoms with Gasteiger partial charge < -0.3 is 4.57 Å². The standard InChI is InChI=1S/C22H20N2/c1-17-11-13-19(14-12-17)22-23-20-9-5-6-10-21(20)24(22)16-15-18-7-3-2-4-8-18/h2-14H,15-16H2,1H3. The van der Waals surface area contributed by atoms with E-state index in [1.54, 1.807) is 0 Å². The van der Waals surface area contributed by atoms with E-state index in [1.807, 2.05) is 0 Å². The van der Waals surface area contributed by atoms with Gasteiger partial charge in [0, 0.05) is 12.1 Å². The molecule has 0 fully saturated rings. The lowest BCUT2D eigenvalue weighted by Crippen LogP contribution is -2.03. The third kappa shape index (κ3) is 2.83. The first-order valence-corrected chi connectivity index (χ1v) is 8.37. The van der Waals surface area contributed by atoms with Crippen LogP contribution in [-0.4, -0.2) is 9.55 Å². The molecule has 24 heavy (non-hydrogen) atoms. The lowest BCUT2D eigenvalue weighted by Gasteiger charge is -2.10. The predicted molar refractivity (Wildman–Crippen MR) is 100 cm³/mol. The highest BCUT2D eigenvalue weighted by Crippen LogP contribution is 2.25. The summed E-state index contributed by atoms with van der Waals surface area (Å²) in [6.07, 6.45) is 1.00. The number of nitrogens with zero attached hydrogens (tertiary/aromatic N) is 2. The van der Waals surface area contributed by atoms with Gasteiger partial charge in [-0.2, -0.15) is 0 Å². The summed E-state index contributed by atoms with van der Waals surface area (Å²) >= 11 is 0. The number of hydrogen-bond acceptors (Lipinski definition) is 1. The van der Waals surface area contributed by atoms with Crippen LogP contribution in [0, 0.1) is 6.92 Å². The first kappa shape index (κ1) is 14.7. The van der Waals surface area contributed by atoms with Crippen molar-refractivity contribution in [3.63, 3.8) is 0 Å². The molecule has 0 saturated heterocycles. The van der Waals surface area contributed by atoms with Gasteiger partial charge in [0.25, 0.3) is 0 Å². The number of benzene rings is 3. The summed E-state index contributed by atoms with van der Waals surface area (Å²) in [6.45, 7) is 3.04. The quantitative estimate of drug-likeness (QED) is 0.503. The van der Waals surface area contributed by atoms with Crippen molar-refractivity contribution in [2.45, 2.75) is 19.9 Å². The molecule has 2 heteroatoms. The molecular weight excluding hydrogens is 292 g/mol. The van der Waals surface area contributed by atoms with E-state index in [4.69, 9.17) is 4.98 Å². The van der Waals surface area contributed by atoms with Crippen LogP contribution in [0.5, 0.6) is 0 Å². The summed E-state index contributed by atoms with van der Waals surface area (Å²) in [5.41, 5.74) is 6.05. The molecule has 0 radical (unpaired) electrons. The van der Waals surface area contributed by atoms with Crippen molar-refractivity contribution in [1.82, 2.24) is 9.55 Å². The highest BCUT2D eigenvalue weighted by atomic mass is 15.1. The van der Waals surface area contributed by atoms with E-state index in [-0.39, 0.29) is 0 Å². The van der Waals surface area contributed by atoms with Crippen LogP contribution in [0.2, 0.25) is 0 Å². The van der Waals surface area contributed by atoms with E-state index in [0.29, 0.717) is 0 Å². The summed E-state index contributed by atoms with van der Waals surface area (Å²) in [5.74, 6) is 1.05. The van der Waals surface area contributed by atoms with Crippen molar-refractivity contribution >= 4 is 11.0 Å². The molecule has 0 bridgehead atoms. The highest BCUT2D eigenvalue weighted by molar-refractivity contribution is 5.80. The first-order valence-electron chi connectivity index (χ1n) is 8.37. The van der Waals surface area contributed by atoms with Gasteiger partial charge in [-0.05, 0) is 31.0 Å². The van der Waals surface area contributed by atoms with Crippen LogP contribution in [0.1, 0.15) is 11.1 Å². The lowest BCUT2D eigenvalue weighted by atomic mass is 10.1. The SMILES string of the molecule is Cc1ccc(-c2nc3ccccc3n2CCc2ccccc2)cc1. The molecule has 0 aliphatic carbocycles. The average molecular weight is 312 g/mol. The Morgan fingerprint density at radius 3 is 2.29 bits per heavy atom. The monoisotopic (exact) mass is 312 g/mol. The fraction of sp³-hybridized carbons (Fsp3) is 0.136. The van der Waals surface area contributed by atoms with Gasteiger partial charge >= 0.3 is 0 Å². The van der Waals surface area contributed by atoms with E-state index in [0.717, 1.165) is 24.3 Å². The number of imidazole rings is 1. The van der Waals surface area contributed by atoms with Gasteiger partial charge in [-0.15, -0.1) is 0 Å². The third-order valence-corrected chi connectivity index (χ3v) is 4.43. The maximum atomic E-state index is 4.89. The van der Waals surface area contributed by atoms with Crippen molar-refractivity contribution in [3.8, 4) is 11.4 Å². The fourth-order valence-corrected chi connectivity index (χ4v) is 3.11. The Kier molecular flexibility index (Phi) is 3.87. The van der Waals surface area contributed by atoms with Gasteiger partial charge in [-0.25, -0.2) is 4.98 Å². The van der Waals surface area contributed by atoms with Crippen LogP contribution >= 0.6 is 0 Å². The smallest absolute Gasteiger partial charge is 0.141 e. The summed E-state index contributed by atoms with van der Waals surface area (Å²) < 4.78 is 2.34. The molecule has 0 aliphatic heterocycles. The minimum absolute atomic E-state index is 0.924. The first-order chi connectivity index (χ1) is 11.8. The molecule has 1 heterocycles. The minimum atomic E-state index is 0.924. The zero-order valence-electron chi connectivity index (χ0n) is 13.8. The Bertz CT molecular complexity index is 950. The normalized spacial score (nSPS) is 11.0. The summed E-state index contributed by atoms with van der Waals surface area (Å²) in [4.78, 5) is 4.89. The molecule has 2 nitrogen and oxygen atoms in total. The second-order valence-corrected chi connectivity index (χ2v) is 6.18. The molecule has 0 aliphatic rings. The molecule has 0 amide bonds. The van der Waals surface area contributed by atoms with Crippen molar-refractivity contribution in [3.05, 3.63) is 90.0 Å². The number of aromatic nitrogens is 2. The van der Waals surface area contributed by atoms with Gasteiger partial charge in [-0.1, -0.05) is 72.3 Å². The van der Waals surface area contributed by atoms with Gasteiger partial charge in [-0.3, -0.25) is 0 Å². The molecule has 0 N–H and O–H groups in total. The molecule has 0 unspecified atom stereocenters. The summed E-state index contributed by atoms with van der Waals surface area (Å²) in [5, 5.41) is 0. The largest absolute Gasteiger partial charge is 0.324 e. The topological polar surface area (TPSA) is 17.8 Å². The maximum Gasteiger partial charge on any atom is 0.141 e. The second-order valence-electron chi connectivity index (χ2n) is 6.18. The van der Waals surface area contributed by atoms with Crippen LogP contribution in [-0.2, 0) is 13.0 Å². The average Bonchev–Trinajstić information content (AvgIpc) is 3.00. The third-order valence-electron chi connectivity index (χ3n) is 4.43.